The highest BCUT2D eigenvalue weighted by Crippen LogP contribution is 2.16. The predicted molar refractivity (Wildman–Crippen MR) is 109 cm³/mol. The first-order valence-electron chi connectivity index (χ1n) is 8.07. The van der Waals surface area contributed by atoms with Gasteiger partial charge in [0.15, 0.2) is 17.5 Å². The molecule has 0 radical (unpaired) electrons. The average molecular weight is 466 g/mol. The minimum absolute atomic E-state index is 0. The van der Waals surface area contributed by atoms with Crippen molar-refractivity contribution in [2.24, 2.45) is 4.99 Å². The minimum Gasteiger partial charge on any atom is -0.486 e. The van der Waals surface area contributed by atoms with Crippen LogP contribution in [-0.4, -0.2) is 56.6 Å². The number of carbonyl (C=O) groups is 1. The highest BCUT2D eigenvalue weighted by molar-refractivity contribution is 14.0. The zero-order valence-electron chi connectivity index (χ0n) is 15.2. The Balaban J connectivity index is 0.00000576. The minimum atomic E-state index is -0.390. The van der Waals surface area contributed by atoms with E-state index in [1.807, 2.05) is 13.8 Å². The van der Waals surface area contributed by atoms with E-state index in [2.05, 4.69) is 15.6 Å². The molecule has 1 aromatic carbocycles. The van der Waals surface area contributed by atoms with Crippen LogP contribution in [-0.2, 0) is 4.79 Å². The summed E-state index contributed by atoms with van der Waals surface area (Å²) in [5.74, 6) is 0.285. The number of hydrogen-bond donors (Lipinski definition) is 2. The van der Waals surface area contributed by atoms with Crippen molar-refractivity contribution in [3.8, 4) is 5.75 Å². The van der Waals surface area contributed by atoms with Crippen LogP contribution in [0.25, 0.3) is 0 Å². The normalized spacial score (nSPS) is 12.0. The van der Waals surface area contributed by atoms with Gasteiger partial charge in [0.25, 0.3) is 0 Å². The van der Waals surface area contributed by atoms with Gasteiger partial charge in [-0.2, -0.15) is 0 Å². The molecular weight excluding hydrogens is 438 g/mol. The third kappa shape index (κ3) is 9.47. The average Bonchev–Trinajstić information content (AvgIpc) is 2.55. The van der Waals surface area contributed by atoms with Gasteiger partial charge < -0.3 is 20.3 Å². The van der Waals surface area contributed by atoms with Gasteiger partial charge in [-0.25, -0.2) is 9.38 Å². The summed E-state index contributed by atoms with van der Waals surface area (Å²) in [5, 5.41) is 6.24. The van der Waals surface area contributed by atoms with Gasteiger partial charge in [0, 0.05) is 20.6 Å². The molecule has 0 bridgehead atoms. The maximum atomic E-state index is 13.6. The molecule has 0 aliphatic rings. The fraction of sp³-hybridized carbons (Fsp3) is 0.529. The van der Waals surface area contributed by atoms with E-state index in [-0.39, 0.29) is 54.1 Å². The highest BCUT2D eigenvalue weighted by Gasteiger charge is 2.09. The third-order valence-electron chi connectivity index (χ3n) is 3.14. The quantitative estimate of drug-likeness (QED) is 0.351. The molecule has 1 unspecified atom stereocenters. The van der Waals surface area contributed by atoms with Crippen molar-refractivity contribution in [1.29, 1.82) is 0 Å². The largest absolute Gasteiger partial charge is 0.486 e. The molecule has 0 aromatic heterocycles. The Bertz CT molecular complexity index is 555. The van der Waals surface area contributed by atoms with Gasteiger partial charge in [-0.3, -0.25) is 4.79 Å². The summed E-state index contributed by atoms with van der Waals surface area (Å²) in [4.78, 5) is 17.4. The lowest BCUT2D eigenvalue weighted by molar-refractivity contribution is -0.127. The lowest BCUT2D eigenvalue weighted by atomic mass is 10.3. The van der Waals surface area contributed by atoms with Crippen LogP contribution in [0.1, 0.15) is 20.3 Å². The number of halogens is 2. The highest BCUT2D eigenvalue weighted by atomic mass is 127. The molecule has 142 valence electrons. The molecule has 0 fully saturated rings. The number of nitrogens with zero attached hydrogens (tertiary/aromatic N) is 2. The number of benzene rings is 1. The zero-order valence-corrected chi connectivity index (χ0v) is 17.5. The molecule has 1 rings (SSSR count). The number of hydrogen-bond acceptors (Lipinski definition) is 3. The molecule has 0 saturated heterocycles. The molecule has 0 aliphatic carbocycles. The van der Waals surface area contributed by atoms with Crippen molar-refractivity contribution < 1.29 is 13.9 Å². The van der Waals surface area contributed by atoms with Crippen molar-refractivity contribution in [1.82, 2.24) is 15.5 Å². The molecule has 1 atom stereocenters. The molecule has 1 aromatic rings. The van der Waals surface area contributed by atoms with Gasteiger partial charge in [-0.15, -0.1) is 24.0 Å². The monoisotopic (exact) mass is 466 g/mol. The Labute approximate surface area is 166 Å². The molecule has 2 N–H and O–H groups in total. The predicted octanol–water partition coefficient (Wildman–Crippen LogP) is 2.24. The standard InChI is InChI=1S/C17H27FN4O2.HI/c1-5-10-19-17(21-12-16(23)22(3)4)20-11-13(2)24-15-9-7-6-8-14(15)18;/h6-9,13H,5,10-12H2,1-4H3,(H2,19,20,21);1H. The van der Waals surface area contributed by atoms with Gasteiger partial charge in [0.05, 0.1) is 6.54 Å². The number of likely N-dealkylation sites (N-methyl/N-ethyl adjacent to an activating group) is 1. The first kappa shape index (κ1) is 23.4. The lowest BCUT2D eigenvalue weighted by Crippen LogP contribution is -2.42. The van der Waals surface area contributed by atoms with E-state index in [0.717, 1.165) is 13.0 Å². The smallest absolute Gasteiger partial charge is 0.243 e. The number of nitrogens with one attached hydrogen (secondary N) is 2. The lowest BCUT2D eigenvalue weighted by Gasteiger charge is -2.18. The van der Waals surface area contributed by atoms with E-state index >= 15 is 0 Å². The second-order valence-corrected chi connectivity index (χ2v) is 5.62. The molecule has 6 nitrogen and oxygen atoms in total. The van der Waals surface area contributed by atoms with E-state index in [4.69, 9.17) is 4.74 Å². The summed E-state index contributed by atoms with van der Waals surface area (Å²) >= 11 is 0. The molecule has 0 saturated carbocycles. The second-order valence-electron chi connectivity index (χ2n) is 5.62. The van der Waals surface area contributed by atoms with Gasteiger partial charge >= 0.3 is 0 Å². The van der Waals surface area contributed by atoms with Crippen LogP contribution < -0.4 is 15.4 Å². The van der Waals surface area contributed by atoms with E-state index in [9.17, 15) is 9.18 Å². The molecule has 0 spiro atoms. The number of carbonyl (C=O) groups excluding carboxylic acids is 1. The molecule has 8 heteroatoms. The van der Waals surface area contributed by atoms with Crippen molar-refractivity contribution in [2.75, 3.05) is 33.7 Å². The maximum absolute atomic E-state index is 13.6. The van der Waals surface area contributed by atoms with Crippen LogP contribution in [0.5, 0.6) is 5.75 Å². The molecule has 25 heavy (non-hydrogen) atoms. The number of guanidine groups is 1. The van der Waals surface area contributed by atoms with Crippen molar-refractivity contribution >= 4 is 35.8 Å². The Morgan fingerprint density at radius 1 is 1.32 bits per heavy atom. The van der Waals surface area contributed by atoms with Crippen LogP contribution in [0.2, 0.25) is 0 Å². The van der Waals surface area contributed by atoms with Gasteiger partial charge in [-0.05, 0) is 25.5 Å². The summed E-state index contributed by atoms with van der Waals surface area (Å²) in [7, 11) is 3.38. The fourth-order valence-electron chi connectivity index (χ4n) is 1.74. The summed E-state index contributed by atoms with van der Waals surface area (Å²) in [6.45, 7) is 5.11. The number of ether oxygens (including phenoxy) is 1. The Morgan fingerprint density at radius 2 is 2.00 bits per heavy atom. The van der Waals surface area contributed by atoms with Gasteiger partial charge in [-0.1, -0.05) is 19.1 Å². The fourth-order valence-corrected chi connectivity index (χ4v) is 1.74. The van der Waals surface area contributed by atoms with E-state index in [1.54, 1.807) is 32.3 Å². The Morgan fingerprint density at radius 3 is 2.60 bits per heavy atom. The van der Waals surface area contributed by atoms with Crippen molar-refractivity contribution in [3.05, 3.63) is 30.1 Å². The van der Waals surface area contributed by atoms with Crippen LogP contribution in [0.3, 0.4) is 0 Å². The Hall–Kier alpha value is -1.58. The third-order valence-corrected chi connectivity index (χ3v) is 3.14. The Kier molecular flexibility index (Phi) is 11.9. The van der Waals surface area contributed by atoms with E-state index in [1.165, 1.54) is 11.0 Å². The van der Waals surface area contributed by atoms with Crippen molar-refractivity contribution in [3.63, 3.8) is 0 Å². The van der Waals surface area contributed by atoms with Crippen LogP contribution >= 0.6 is 24.0 Å². The first-order chi connectivity index (χ1) is 11.4. The topological polar surface area (TPSA) is 66.0 Å². The first-order valence-corrected chi connectivity index (χ1v) is 8.07. The van der Waals surface area contributed by atoms with Gasteiger partial charge in [0.2, 0.25) is 5.91 Å². The molecule has 1 amide bonds. The van der Waals surface area contributed by atoms with Gasteiger partial charge in [0.1, 0.15) is 12.6 Å². The van der Waals surface area contributed by atoms with Crippen LogP contribution in [0.15, 0.2) is 29.3 Å². The van der Waals surface area contributed by atoms with E-state index in [0.29, 0.717) is 12.5 Å². The number of rotatable bonds is 8. The zero-order chi connectivity index (χ0) is 17.9. The molecule has 0 aliphatic heterocycles. The second kappa shape index (κ2) is 12.7. The molecule has 0 heterocycles. The SMILES string of the molecule is CCCNC(=NCC(=O)N(C)C)NCC(C)Oc1ccccc1F.I. The number of aliphatic imine (C=N–C) groups is 1. The number of para-hydroxylation sites is 1. The van der Waals surface area contributed by atoms with E-state index < -0.39 is 0 Å². The van der Waals surface area contributed by atoms with Crippen LogP contribution in [0.4, 0.5) is 4.39 Å². The molecular formula is C17H28FIN4O2. The number of amides is 1. The van der Waals surface area contributed by atoms with Crippen LogP contribution in [0, 0.1) is 5.82 Å². The summed E-state index contributed by atoms with van der Waals surface area (Å²) in [5.41, 5.74) is 0. The van der Waals surface area contributed by atoms with Crippen molar-refractivity contribution in [2.45, 2.75) is 26.4 Å². The summed E-state index contributed by atoms with van der Waals surface area (Å²) in [6, 6.07) is 6.29. The maximum Gasteiger partial charge on any atom is 0.243 e. The summed E-state index contributed by atoms with van der Waals surface area (Å²) in [6.07, 6.45) is 0.670. The summed E-state index contributed by atoms with van der Waals surface area (Å²) < 4.78 is 19.1.